The fourth-order valence-electron chi connectivity index (χ4n) is 10.7. The molecule has 40 heavy (non-hydrogen) atoms. The van der Waals surface area contributed by atoms with E-state index in [0.717, 1.165) is 42.3 Å². The lowest BCUT2D eigenvalue weighted by Crippen LogP contribution is -2.55. The van der Waals surface area contributed by atoms with Gasteiger partial charge in [0.2, 0.25) is 0 Å². The van der Waals surface area contributed by atoms with Gasteiger partial charge in [-0.3, -0.25) is 0 Å². The van der Waals surface area contributed by atoms with Crippen LogP contribution in [-0.2, 0) is 4.74 Å². The van der Waals surface area contributed by atoms with Crippen LogP contribution in [0.15, 0.2) is 24.0 Å². The van der Waals surface area contributed by atoms with Crippen LogP contribution >= 0.6 is 0 Å². The number of rotatable bonds is 10. The molecule has 4 aliphatic rings. The number of carbonyl (C=O) groups excluding carboxylic acids is 1. The number of nitrogens with one attached hydrogen (secondary N) is 1. The molecule has 1 aromatic rings. The molecule has 6 nitrogen and oxygen atoms in total. The molecule has 0 spiro atoms. The number of hydrogen-bond donors (Lipinski definition) is 3. The van der Waals surface area contributed by atoms with Crippen molar-refractivity contribution in [1.82, 2.24) is 9.97 Å². The van der Waals surface area contributed by atoms with Crippen LogP contribution in [0.4, 0.5) is 4.79 Å². The maximum absolute atomic E-state index is 11.4. The quantitative estimate of drug-likeness (QED) is 0.260. The summed E-state index contributed by atoms with van der Waals surface area (Å²) in [4.78, 5) is 19.5. The zero-order chi connectivity index (χ0) is 28.7. The van der Waals surface area contributed by atoms with Crippen LogP contribution in [0.25, 0.3) is 0 Å². The van der Waals surface area contributed by atoms with Crippen molar-refractivity contribution in [2.75, 3.05) is 6.61 Å². The van der Waals surface area contributed by atoms with E-state index in [4.69, 9.17) is 10.5 Å². The van der Waals surface area contributed by atoms with Gasteiger partial charge in [0.1, 0.15) is 5.82 Å². The van der Waals surface area contributed by atoms with E-state index in [2.05, 4.69) is 50.7 Å². The van der Waals surface area contributed by atoms with E-state index in [1.54, 1.807) is 0 Å². The van der Waals surface area contributed by atoms with Crippen LogP contribution in [0, 0.1) is 52.3 Å². The number of primary amides is 1. The minimum atomic E-state index is -0.729. The number of aromatic nitrogens is 2. The SMILES string of the molecule is CC(C)CCC[C@@H](C)[C@H]1CC[C@H]2[C@@H]3CC=C4C[C@@H](O)CC(C(CCOC(N)=O)c5ncc[nH]5)[C@]4(C)[C@H]3CC[C@]12C. The Balaban J connectivity index is 1.41. The molecule has 4 N–H and O–H groups in total. The Labute approximate surface area is 242 Å². The molecule has 1 aromatic heterocycles. The molecule has 0 aliphatic heterocycles. The van der Waals surface area contributed by atoms with Gasteiger partial charge in [0.15, 0.2) is 0 Å². The van der Waals surface area contributed by atoms with Crippen molar-refractivity contribution in [3.05, 3.63) is 29.9 Å². The number of nitrogens with zero attached hydrogens (tertiary/aromatic N) is 1. The van der Waals surface area contributed by atoms with Gasteiger partial charge in [-0.25, -0.2) is 9.78 Å². The molecule has 0 radical (unpaired) electrons. The first-order chi connectivity index (χ1) is 19.1. The topological polar surface area (TPSA) is 101 Å². The molecular formula is C34H55N3O3. The summed E-state index contributed by atoms with van der Waals surface area (Å²) in [6.07, 6.45) is 18.0. The molecule has 3 fully saturated rings. The number of aromatic amines is 1. The number of allylic oxidation sites excluding steroid dienone is 1. The highest BCUT2D eigenvalue weighted by Crippen LogP contribution is 2.69. The standard InChI is InChI=1S/C34H55N3O3/c1-21(2)7-6-8-22(3)27-11-12-28-25-10-9-23-19-24(38)20-30(34(23,5)29(25)13-15-33(27,28)4)26(14-18-40-32(35)39)31-36-16-17-37-31/h9,16-17,21-22,24-30,38H,6-8,10-15,18-20H2,1-5H3,(H2,35,39)(H,36,37)/t22-,24-,25+,26?,27-,28+,29+,30?,33-,34+/m1/s1. The van der Waals surface area contributed by atoms with Crippen LogP contribution in [0.3, 0.4) is 0 Å². The summed E-state index contributed by atoms with van der Waals surface area (Å²) in [5.74, 6) is 5.79. The molecule has 1 heterocycles. The van der Waals surface area contributed by atoms with Crippen molar-refractivity contribution in [3.63, 3.8) is 0 Å². The van der Waals surface area contributed by atoms with E-state index in [-0.39, 0.29) is 30.0 Å². The van der Waals surface area contributed by atoms with Crippen molar-refractivity contribution in [1.29, 1.82) is 0 Å². The number of carbonyl (C=O) groups is 1. The van der Waals surface area contributed by atoms with Gasteiger partial charge in [-0.05, 0) is 104 Å². The van der Waals surface area contributed by atoms with Gasteiger partial charge in [0, 0.05) is 18.3 Å². The summed E-state index contributed by atoms with van der Waals surface area (Å²) in [5, 5.41) is 11.1. The Bertz CT molecular complexity index is 1040. The minimum Gasteiger partial charge on any atom is -0.450 e. The normalized spacial score (nSPS) is 38.6. The van der Waals surface area contributed by atoms with Gasteiger partial charge in [0.05, 0.1) is 12.7 Å². The summed E-state index contributed by atoms with van der Waals surface area (Å²) in [6, 6.07) is 0. The van der Waals surface area contributed by atoms with E-state index in [1.807, 2.05) is 12.4 Å². The smallest absolute Gasteiger partial charge is 0.404 e. The number of imidazole rings is 1. The van der Waals surface area contributed by atoms with E-state index < -0.39 is 6.09 Å². The average Bonchev–Trinajstić information content (AvgIpc) is 3.54. The van der Waals surface area contributed by atoms with Gasteiger partial charge in [-0.1, -0.05) is 65.5 Å². The summed E-state index contributed by atoms with van der Waals surface area (Å²) in [5.41, 5.74) is 7.23. The predicted octanol–water partition coefficient (Wildman–Crippen LogP) is 7.61. The lowest BCUT2D eigenvalue weighted by atomic mass is 9.43. The third-order valence-electron chi connectivity index (χ3n) is 12.5. The Morgan fingerprint density at radius 2 is 1.95 bits per heavy atom. The highest BCUT2D eigenvalue weighted by molar-refractivity contribution is 5.64. The second-order valence-corrected chi connectivity index (χ2v) is 14.9. The zero-order valence-electron chi connectivity index (χ0n) is 25.7. The number of aliphatic hydroxyl groups is 1. The van der Waals surface area contributed by atoms with Crippen molar-refractivity contribution in [2.24, 2.45) is 58.0 Å². The number of hydrogen-bond acceptors (Lipinski definition) is 4. The van der Waals surface area contributed by atoms with Crippen molar-refractivity contribution in [3.8, 4) is 0 Å². The van der Waals surface area contributed by atoms with Crippen LogP contribution in [0.5, 0.6) is 0 Å². The summed E-state index contributed by atoms with van der Waals surface area (Å²) < 4.78 is 5.23. The largest absolute Gasteiger partial charge is 0.450 e. The van der Waals surface area contributed by atoms with Gasteiger partial charge in [-0.15, -0.1) is 0 Å². The van der Waals surface area contributed by atoms with Crippen LogP contribution in [0.1, 0.15) is 117 Å². The first-order valence-electron chi connectivity index (χ1n) is 16.3. The molecule has 4 aliphatic carbocycles. The van der Waals surface area contributed by atoms with Gasteiger partial charge >= 0.3 is 6.09 Å². The number of aliphatic hydroxyl groups excluding tert-OH is 1. The number of ether oxygens (including phenoxy) is 1. The third-order valence-corrected chi connectivity index (χ3v) is 12.5. The minimum absolute atomic E-state index is 0.00856. The highest BCUT2D eigenvalue weighted by atomic mass is 16.5. The number of H-pyrrole nitrogens is 1. The van der Waals surface area contributed by atoms with E-state index in [1.165, 1.54) is 56.9 Å². The molecule has 1 amide bonds. The zero-order valence-corrected chi connectivity index (χ0v) is 25.7. The Hall–Kier alpha value is -1.82. The first kappa shape index (κ1) is 29.7. The second kappa shape index (κ2) is 11.8. The molecule has 10 atom stereocenters. The maximum Gasteiger partial charge on any atom is 0.404 e. The first-order valence-corrected chi connectivity index (χ1v) is 16.3. The number of amides is 1. The fraction of sp³-hybridized carbons (Fsp3) is 0.824. The molecule has 224 valence electrons. The molecule has 3 saturated carbocycles. The third kappa shape index (κ3) is 5.39. The molecule has 5 rings (SSSR count). The maximum atomic E-state index is 11.4. The van der Waals surface area contributed by atoms with Gasteiger partial charge in [0.25, 0.3) is 0 Å². The predicted molar refractivity (Wildman–Crippen MR) is 159 cm³/mol. The van der Waals surface area contributed by atoms with Gasteiger partial charge < -0.3 is 20.6 Å². The number of nitrogens with two attached hydrogens (primary N) is 1. The Kier molecular flexibility index (Phi) is 8.76. The molecular weight excluding hydrogens is 498 g/mol. The van der Waals surface area contributed by atoms with Crippen molar-refractivity contribution in [2.45, 2.75) is 117 Å². The molecule has 2 unspecified atom stereocenters. The van der Waals surface area contributed by atoms with Crippen molar-refractivity contribution < 1.29 is 14.6 Å². The molecule has 0 bridgehead atoms. The molecule has 0 aromatic carbocycles. The summed E-state index contributed by atoms with van der Waals surface area (Å²) in [6.45, 7) is 12.7. The monoisotopic (exact) mass is 553 g/mol. The van der Waals surface area contributed by atoms with Gasteiger partial charge in [-0.2, -0.15) is 0 Å². The number of fused-ring (bicyclic) bond motifs is 5. The van der Waals surface area contributed by atoms with Crippen molar-refractivity contribution >= 4 is 6.09 Å². The molecule has 0 saturated heterocycles. The Morgan fingerprint density at radius 3 is 2.65 bits per heavy atom. The Morgan fingerprint density at radius 1 is 1.15 bits per heavy atom. The summed E-state index contributed by atoms with van der Waals surface area (Å²) in [7, 11) is 0. The van der Waals surface area contributed by atoms with E-state index in [9.17, 15) is 9.90 Å². The van der Waals surface area contributed by atoms with Crippen LogP contribution in [0.2, 0.25) is 0 Å². The lowest BCUT2D eigenvalue weighted by Gasteiger charge is -2.61. The molecule has 6 heteroatoms. The highest BCUT2D eigenvalue weighted by Gasteiger charge is 2.61. The average molecular weight is 554 g/mol. The van der Waals surface area contributed by atoms with Crippen LogP contribution < -0.4 is 5.73 Å². The van der Waals surface area contributed by atoms with E-state index in [0.29, 0.717) is 23.7 Å². The van der Waals surface area contributed by atoms with E-state index >= 15 is 0 Å². The fourth-order valence-corrected chi connectivity index (χ4v) is 10.7. The summed E-state index contributed by atoms with van der Waals surface area (Å²) >= 11 is 0. The lowest BCUT2D eigenvalue weighted by molar-refractivity contribution is -0.0860. The van der Waals surface area contributed by atoms with Crippen LogP contribution in [-0.4, -0.2) is 33.9 Å². The second-order valence-electron chi connectivity index (χ2n) is 14.9.